The normalized spacial score (nSPS) is 11.8. The van der Waals surface area contributed by atoms with Gasteiger partial charge in [0.2, 0.25) is 5.95 Å². The zero-order valence-corrected chi connectivity index (χ0v) is 16.7. The second kappa shape index (κ2) is 7.40. The fourth-order valence-electron chi connectivity index (χ4n) is 3.16. The number of hydrogen-bond donors (Lipinski definition) is 1. The number of rotatable bonds is 4. The molecule has 140 valence electrons. The summed E-state index contributed by atoms with van der Waals surface area (Å²) in [6.45, 7) is 5.96. The molecule has 0 unspecified atom stereocenters. The van der Waals surface area contributed by atoms with Crippen LogP contribution in [-0.2, 0) is 0 Å². The lowest BCUT2D eigenvalue weighted by Gasteiger charge is -2.15. The maximum Gasteiger partial charge on any atom is 0.267 e. The van der Waals surface area contributed by atoms with Crippen molar-refractivity contribution in [3.63, 3.8) is 0 Å². The number of fused-ring (bicyclic) bond motifs is 1. The van der Waals surface area contributed by atoms with E-state index in [2.05, 4.69) is 21.6 Å². The number of aromatic nitrogens is 2. The molecule has 0 radical (unpaired) electrons. The van der Waals surface area contributed by atoms with Gasteiger partial charge in [0.15, 0.2) is 0 Å². The summed E-state index contributed by atoms with van der Waals surface area (Å²) < 4.78 is 1.60. The van der Waals surface area contributed by atoms with Crippen molar-refractivity contribution in [1.29, 1.82) is 0 Å². The van der Waals surface area contributed by atoms with Crippen molar-refractivity contribution in [2.24, 2.45) is 5.10 Å². The van der Waals surface area contributed by atoms with Gasteiger partial charge in [0.25, 0.3) is 5.56 Å². The first-order valence-electron chi connectivity index (χ1n) is 8.98. The predicted octanol–water partition coefficient (Wildman–Crippen LogP) is 4.90. The highest BCUT2D eigenvalue weighted by Crippen LogP contribution is 2.20. The third-order valence-electron chi connectivity index (χ3n) is 4.57. The predicted molar refractivity (Wildman–Crippen MR) is 117 cm³/mol. The molecule has 6 heteroatoms. The summed E-state index contributed by atoms with van der Waals surface area (Å²) in [5.41, 5.74) is 7.31. The average molecular weight is 388 g/mol. The molecule has 4 aromatic rings. The van der Waals surface area contributed by atoms with Crippen molar-refractivity contribution < 1.29 is 0 Å². The zero-order chi connectivity index (χ0) is 19.7. The molecule has 0 saturated carbocycles. The Bertz CT molecular complexity index is 1240. The van der Waals surface area contributed by atoms with Crippen molar-refractivity contribution in [3.8, 4) is 5.69 Å². The molecule has 0 aliphatic carbocycles. The van der Waals surface area contributed by atoms with Gasteiger partial charge in [0.05, 0.1) is 22.3 Å². The first kappa shape index (κ1) is 18.1. The Morgan fingerprint density at radius 3 is 2.68 bits per heavy atom. The molecule has 2 aromatic carbocycles. The van der Waals surface area contributed by atoms with Crippen LogP contribution in [0, 0.1) is 13.8 Å². The van der Waals surface area contributed by atoms with Crippen molar-refractivity contribution >= 4 is 33.9 Å². The Hall–Kier alpha value is -3.25. The van der Waals surface area contributed by atoms with Crippen LogP contribution in [0.15, 0.2) is 69.9 Å². The van der Waals surface area contributed by atoms with Crippen LogP contribution >= 0.6 is 11.3 Å². The monoisotopic (exact) mass is 388 g/mol. The molecule has 1 N–H and O–H groups in total. The van der Waals surface area contributed by atoms with E-state index in [1.807, 2.05) is 68.6 Å². The van der Waals surface area contributed by atoms with E-state index in [0.717, 1.165) is 27.4 Å². The molecule has 0 saturated heterocycles. The van der Waals surface area contributed by atoms with Gasteiger partial charge >= 0.3 is 0 Å². The third kappa shape index (κ3) is 3.34. The van der Waals surface area contributed by atoms with Crippen molar-refractivity contribution in [2.45, 2.75) is 20.8 Å². The molecule has 4 rings (SSSR count). The number of para-hydroxylation sites is 1. The summed E-state index contributed by atoms with van der Waals surface area (Å²) in [6.07, 6.45) is 0. The van der Waals surface area contributed by atoms with Crippen molar-refractivity contribution in [2.75, 3.05) is 5.43 Å². The van der Waals surface area contributed by atoms with Crippen LogP contribution in [0.25, 0.3) is 16.6 Å². The van der Waals surface area contributed by atoms with Crippen LogP contribution in [-0.4, -0.2) is 15.3 Å². The SMILES string of the molecule is C/C(=N/Nc1nc2ccccc2c(=O)n1-c1ccc(C)cc1C)c1cccs1. The maximum absolute atomic E-state index is 13.3. The molecule has 0 spiro atoms. The number of aryl methyl sites for hydroxylation is 2. The second-order valence-corrected chi connectivity index (χ2v) is 7.62. The molecule has 0 amide bonds. The summed E-state index contributed by atoms with van der Waals surface area (Å²) in [5.74, 6) is 0.395. The minimum atomic E-state index is -0.121. The fraction of sp³-hybridized carbons (Fsp3) is 0.136. The largest absolute Gasteiger partial charge is 0.268 e. The summed E-state index contributed by atoms with van der Waals surface area (Å²) >= 11 is 1.62. The lowest BCUT2D eigenvalue weighted by molar-refractivity contribution is 0.945. The number of hydrazone groups is 1. The highest BCUT2D eigenvalue weighted by atomic mass is 32.1. The Morgan fingerprint density at radius 2 is 1.93 bits per heavy atom. The van der Waals surface area contributed by atoms with Gasteiger partial charge in [-0.1, -0.05) is 35.9 Å². The van der Waals surface area contributed by atoms with E-state index in [1.54, 1.807) is 22.0 Å². The molecule has 5 nitrogen and oxygen atoms in total. The van der Waals surface area contributed by atoms with E-state index in [0.29, 0.717) is 16.9 Å². The van der Waals surface area contributed by atoms with Crippen LogP contribution < -0.4 is 11.0 Å². The highest BCUT2D eigenvalue weighted by molar-refractivity contribution is 7.12. The number of hydrogen-bond acceptors (Lipinski definition) is 5. The van der Waals surface area contributed by atoms with E-state index >= 15 is 0 Å². The molecule has 0 aliphatic heterocycles. The maximum atomic E-state index is 13.3. The first-order chi connectivity index (χ1) is 13.5. The smallest absolute Gasteiger partial charge is 0.267 e. The molecular formula is C22H20N4OS. The molecule has 2 heterocycles. The van der Waals surface area contributed by atoms with E-state index in [1.165, 1.54) is 0 Å². The minimum Gasteiger partial charge on any atom is -0.268 e. The highest BCUT2D eigenvalue weighted by Gasteiger charge is 2.14. The first-order valence-corrected chi connectivity index (χ1v) is 9.86. The Labute approximate surface area is 167 Å². The van der Waals surface area contributed by atoms with Gasteiger partial charge in [-0.2, -0.15) is 5.10 Å². The van der Waals surface area contributed by atoms with Gasteiger partial charge in [0, 0.05) is 4.88 Å². The van der Waals surface area contributed by atoms with Gasteiger partial charge in [-0.25, -0.2) is 15.0 Å². The Kier molecular flexibility index (Phi) is 4.79. The van der Waals surface area contributed by atoms with E-state index in [-0.39, 0.29) is 5.56 Å². The fourth-order valence-corrected chi connectivity index (χ4v) is 3.84. The lowest BCUT2D eigenvalue weighted by Crippen LogP contribution is -2.23. The minimum absolute atomic E-state index is 0.121. The third-order valence-corrected chi connectivity index (χ3v) is 5.55. The molecule has 0 aliphatic rings. The second-order valence-electron chi connectivity index (χ2n) is 6.67. The van der Waals surface area contributed by atoms with Crippen LogP contribution in [0.5, 0.6) is 0 Å². The molecular weight excluding hydrogens is 368 g/mol. The Balaban J connectivity index is 1.91. The Morgan fingerprint density at radius 1 is 1.11 bits per heavy atom. The molecule has 28 heavy (non-hydrogen) atoms. The average Bonchev–Trinajstić information content (AvgIpc) is 3.22. The molecule has 2 aromatic heterocycles. The molecule has 0 bridgehead atoms. The lowest BCUT2D eigenvalue weighted by atomic mass is 10.1. The zero-order valence-electron chi connectivity index (χ0n) is 15.9. The summed E-state index contributed by atoms with van der Waals surface area (Å²) in [5, 5.41) is 7.06. The summed E-state index contributed by atoms with van der Waals surface area (Å²) in [7, 11) is 0. The molecule has 0 fully saturated rings. The summed E-state index contributed by atoms with van der Waals surface area (Å²) in [6, 6.07) is 17.4. The van der Waals surface area contributed by atoms with Gasteiger partial charge in [-0.3, -0.25) is 4.79 Å². The van der Waals surface area contributed by atoms with Crippen LogP contribution in [0.2, 0.25) is 0 Å². The molecule has 0 atom stereocenters. The van der Waals surface area contributed by atoms with Crippen molar-refractivity contribution in [3.05, 3.63) is 86.3 Å². The number of nitrogens with one attached hydrogen (secondary N) is 1. The van der Waals surface area contributed by atoms with E-state index in [9.17, 15) is 4.79 Å². The standard InChI is InChI=1S/C22H20N4OS/c1-14-10-11-19(15(2)13-14)26-21(27)17-7-4-5-8-18(17)23-22(26)25-24-16(3)20-9-6-12-28-20/h4-13H,1-3H3,(H,23,25)/b24-16-. The van der Waals surface area contributed by atoms with Crippen LogP contribution in [0.3, 0.4) is 0 Å². The van der Waals surface area contributed by atoms with Gasteiger partial charge < -0.3 is 0 Å². The number of thiophene rings is 1. The van der Waals surface area contributed by atoms with Gasteiger partial charge in [0.1, 0.15) is 0 Å². The quantitative estimate of drug-likeness (QED) is 0.400. The van der Waals surface area contributed by atoms with Crippen LogP contribution in [0.4, 0.5) is 5.95 Å². The van der Waals surface area contributed by atoms with Crippen LogP contribution in [0.1, 0.15) is 22.9 Å². The van der Waals surface area contributed by atoms with Crippen molar-refractivity contribution in [1.82, 2.24) is 9.55 Å². The van der Waals surface area contributed by atoms with E-state index in [4.69, 9.17) is 0 Å². The van der Waals surface area contributed by atoms with Gasteiger partial charge in [-0.05, 0) is 56.0 Å². The topological polar surface area (TPSA) is 59.3 Å². The number of anilines is 1. The van der Waals surface area contributed by atoms with E-state index < -0.39 is 0 Å². The van der Waals surface area contributed by atoms with Gasteiger partial charge in [-0.15, -0.1) is 11.3 Å². The summed E-state index contributed by atoms with van der Waals surface area (Å²) in [4.78, 5) is 19.0. The number of benzene rings is 2. The number of nitrogens with zero attached hydrogens (tertiary/aromatic N) is 3.